The number of nitrogens with two attached hydrogens (primary N) is 1. The van der Waals surface area contributed by atoms with Gasteiger partial charge in [-0.2, -0.15) is 0 Å². The lowest BCUT2D eigenvalue weighted by atomic mass is 10.1. The van der Waals surface area contributed by atoms with Crippen LogP contribution in [0.2, 0.25) is 0 Å². The molecule has 5 nitrogen and oxygen atoms in total. The Balaban J connectivity index is 2.13. The lowest BCUT2D eigenvalue weighted by molar-refractivity contribution is 0.268. The molecule has 2 aromatic rings. The molecule has 1 aliphatic rings. The Hall–Kier alpha value is -1.46. The largest absolute Gasteiger partial charge is 0.394 e. The number of hydrogen-bond donors (Lipinski definition) is 3. The maximum absolute atomic E-state index is 9.10. The summed E-state index contributed by atoms with van der Waals surface area (Å²) < 4.78 is 0. The van der Waals surface area contributed by atoms with Crippen molar-refractivity contribution in [2.45, 2.75) is 24.8 Å². The van der Waals surface area contributed by atoms with Crippen molar-refractivity contribution in [3.05, 3.63) is 23.7 Å². The number of pyridine rings is 1. The lowest BCUT2D eigenvalue weighted by Gasteiger charge is -2.08. The number of rotatable bonds is 3. The third-order valence-electron chi connectivity index (χ3n) is 3.00. The van der Waals surface area contributed by atoms with Crippen LogP contribution in [0.4, 0.5) is 0 Å². The summed E-state index contributed by atoms with van der Waals surface area (Å²) in [6.07, 6.45) is 4.08. The number of nitrogens with zero attached hydrogens (tertiary/aromatic N) is 2. The van der Waals surface area contributed by atoms with Crippen molar-refractivity contribution in [3.63, 3.8) is 0 Å². The van der Waals surface area contributed by atoms with Gasteiger partial charge in [-0.1, -0.05) is 0 Å². The molecule has 84 valence electrons. The molecule has 0 spiro atoms. The molecule has 0 saturated heterocycles. The highest BCUT2D eigenvalue weighted by atomic mass is 16.3. The zero-order chi connectivity index (χ0) is 11.1. The molecule has 2 aromatic heterocycles. The number of aliphatic hydroxyl groups excluding tert-OH is 1. The molecule has 0 aromatic carbocycles. The number of imidazole rings is 1. The van der Waals surface area contributed by atoms with Gasteiger partial charge in [0.15, 0.2) is 5.65 Å². The highest BCUT2D eigenvalue weighted by Crippen LogP contribution is 2.39. The van der Waals surface area contributed by atoms with E-state index >= 15 is 0 Å². The fraction of sp³-hybridized carbons (Fsp3) is 0.455. The first-order valence-corrected chi connectivity index (χ1v) is 5.50. The number of hydrogen-bond acceptors (Lipinski definition) is 4. The van der Waals surface area contributed by atoms with Gasteiger partial charge in [-0.05, 0) is 18.9 Å². The molecule has 3 rings (SSSR count). The Labute approximate surface area is 92.7 Å². The quantitative estimate of drug-likeness (QED) is 0.712. The van der Waals surface area contributed by atoms with Gasteiger partial charge < -0.3 is 15.8 Å². The number of fused-ring (bicyclic) bond motifs is 1. The lowest BCUT2D eigenvalue weighted by Crippen LogP contribution is -2.15. The van der Waals surface area contributed by atoms with Gasteiger partial charge in [0.25, 0.3) is 0 Å². The number of H-pyrrole nitrogens is 1. The second kappa shape index (κ2) is 3.54. The third-order valence-corrected chi connectivity index (χ3v) is 3.00. The smallest absolute Gasteiger partial charge is 0.178 e. The van der Waals surface area contributed by atoms with Crippen molar-refractivity contribution in [2.24, 2.45) is 5.73 Å². The highest BCUT2D eigenvalue weighted by Gasteiger charge is 2.27. The average molecular weight is 218 g/mol. The Morgan fingerprint density at radius 2 is 2.38 bits per heavy atom. The minimum absolute atomic E-state index is 0.0725. The molecule has 1 unspecified atom stereocenters. The number of aromatic nitrogens is 3. The molecule has 16 heavy (non-hydrogen) atoms. The molecule has 1 aliphatic carbocycles. The van der Waals surface area contributed by atoms with Crippen molar-refractivity contribution in [1.29, 1.82) is 0 Å². The minimum atomic E-state index is -0.377. The fourth-order valence-electron chi connectivity index (χ4n) is 1.91. The summed E-state index contributed by atoms with van der Waals surface area (Å²) in [7, 11) is 0. The third kappa shape index (κ3) is 1.48. The van der Waals surface area contributed by atoms with Crippen LogP contribution in [0.5, 0.6) is 0 Å². The molecule has 0 amide bonds. The molecule has 0 aliphatic heterocycles. The minimum Gasteiger partial charge on any atom is -0.394 e. The maximum atomic E-state index is 9.10. The molecule has 0 radical (unpaired) electrons. The van der Waals surface area contributed by atoms with Gasteiger partial charge in [-0.3, -0.25) is 0 Å². The van der Waals surface area contributed by atoms with E-state index in [1.165, 1.54) is 12.8 Å². The second-order valence-corrected chi connectivity index (χ2v) is 4.28. The van der Waals surface area contributed by atoms with Gasteiger partial charge in [-0.15, -0.1) is 0 Å². The van der Waals surface area contributed by atoms with E-state index in [9.17, 15) is 0 Å². The van der Waals surface area contributed by atoms with E-state index in [0.717, 1.165) is 16.9 Å². The van der Waals surface area contributed by atoms with Crippen LogP contribution in [0.15, 0.2) is 12.3 Å². The molecule has 1 saturated carbocycles. The molecule has 4 N–H and O–H groups in total. The highest BCUT2D eigenvalue weighted by molar-refractivity contribution is 5.75. The van der Waals surface area contributed by atoms with Crippen LogP contribution >= 0.6 is 0 Å². The first-order chi connectivity index (χ1) is 7.79. The van der Waals surface area contributed by atoms with Crippen LogP contribution in [0.25, 0.3) is 11.2 Å². The van der Waals surface area contributed by atoms with Gasteiger partial charge in [0, 0.05) is 17.7 Å². The summed E-state index contributed by atoms with van der Waals surface area (Å²) in [6.45, 7) is -0.0725. The molecular weight excluding hydrogens is 204 g/mol. The van der Waals surface area contributed by atoms with Gasteiger partial charge in [0.2, 0.25) is 0 Å². The molecule has 1 fully saturated rings. The summed E-state index contributed by atoms with van der Waals surface area (Å²) in [5.74, 6) is 1.56. The van der Waals surface area contributed by atoms with Crippen molar-refractivity contribution >= 4 is 11.2 Å². The zero-order valence-electron chi connectivity index (χ0n) is 8.85. The fourth-order valence-corrected chi connectivity index (χ4v) is 1.91. The molecular formula is C11H14N4O. The topological polar surface area (TPSA) is 87.8 Å². The zero-order valence-corrected chi connectivity index (χ0v) is 8.85. The van der Waals surface area contributed by atoms with Gasteiger partial charge in [0.1, 0.15) is 5.82 Å². The van der Waals surface area contributed by atoms with Crippen LogP contribution < -0.4 is 5.73 Å². The van der Waals surface area contributed by atoms with Crippen molar-refractivity contribution in [3.8, 4) is 0 Å². The molecule has 1 atom stereocenters. The van der Waals surface area contributed by atoms with E-state index in [1.807, 2.05) is 6.07 Å². The van der Waals surface area contributed by atoms with E-state index in [2.05, 4.69) is 15.0 Å². The van der Waals surface area contributed by atoms with E-state index in [0.29, 0.717) is 11.6 Å². The van der Waals surface area contributed by atoms with Crippen molar-refractivity contribution in [2.75, 3.05) is 6.61 Å². The Bertz CT molecular complexity index is 518. The Morgan fingerprint density at radius 3 is 3.06 bits per heavy atom. The monoisotopic (exact) mass is 218 g/mol. The summed E-state index contributed by atoms with van der Waals surface area (Å²) in [6, 6.07) is 1.45. The number of aliphatic hydroxyl groups is 1. The van der Waals surface area contributed by atoms with Gasteiger partial charge in [0.05, 0.1) is 18.2 Å². The standard InChI is InChI=1S/C11H14N4O/c12-8(5-16)7-3-4-13-11-9(7)14-10(15-11)6-1-2-6/h3-4,6,8,16H,1-2,5,12H2,(H,13,14,15). The van der Waals surface area contributed by atoms with Crippen LogP contribution in [-0.4, -0.2) is 26.7 Å². The average Bonchev–Trinajstić information content (AvgIpc) is 3.07. The predicted molar refractivity (Wildman–Crippen MR) is 59.9 cm³/mol. The van der Waals surface area contributed by atoms with Crippen molar-refractivity contribution in [1.82, 2.24) is 15.0 Å². The second-order valence-electron chi connectivity index (χ2n) is 4.28. The SMILES string of the molecule is NC(CO)c1ccnc2nc(C3CC3)[nH]c12. The van der Waals surface area contributed by atoms with Crippen LogP contribution in [0, 0.1) is 0 Å². The van der Waals surface area contributed by atoms with Crippen LogP contribution in [0.3, 0.4) is 0 Å². The van der Waals surface area contributed by atoms with E-state index in [4.69, 9.17) is 10.8 Å². The summed E-state index contributed by atoms with van der Waals surface area (Å²) in [5.41, 5.74) is 8.28. The maximum Gasteiger partial charge on any atom is 0.178 e. The molecule has 2 heterocycles. The predicted octanol–water partition coefficient (Wildman–Crippen LogP) is 0.827. The Kier molecular flexibility index (Phi) is 2.15. The van der Waals surface area contributed by atoms with Crippen LogP contribution in [-0.2, 0) is 0 Å². The van der Waals surface area contributed by atoms with Gasteiger partial charge in [-0.25, -0.2) is 9.97 Å². The first-order valence-electron chi connectivity index (χ1n) is 5.50. The summed E-state index contributed by atoms with van der Waals surface area (Å²) in [5, 5.41) is 9.10. The van der Waals surface area contributed by atoms with Crippen LogP contribution in [0.1, 0.15) is 36.2 Å². The van der Waals surface area contributed by atoms with Crippen molar-refractivity contribution < 1.29 is 5.11 Å². The Morgan fingerprint density at radius 1 is 1.56 bits per heavy atom. The normalized spacial score (nSPS) is 17.9. The van der Waals surface area contributed by atoms with E-state index in [-0.39, 0.29) is 12.6 Å². The summed E-state index contributed by atoms with van der Waals surface area (Å²) in [4.78, 5) is 11.9. The number of nitrogens with one attached hydrogen (secondary N) is 1. The first kappa shape index (κ1) is 9.74. The molecule has 0 bridgehead atoms. The molecule has 5 heteroatoms. The van der Waals surface area contributed by atoms with Gasteiger partial charge >= 0.3 is 0 Å². The number of aromatic amines is 1. The van der Waals surface area contributed by atoms with E-state index in [1.54, 1.807) is 6.20 Å². The van der Waals surface area contributed by atoms with E-state index < -0.39 is 0 Å². The summed E-state index contributed by atoms with van der Waals surface area (Å²) >= 11 is 0.